The molecule has 0 saturated carbocycles. The molecular weight excluding hydrogens is 340 g/mol. The number of rotatable bonds is 7. The van der Waals surface area contributed by atoms with E-state index < -0.39 is 0 Å². The van der Waals surface area contributed by atoms with Crippen molar-refractivity contribution >= 4 is 11.6 Å². The Labute approximate surface area is 159 Å². The molecule has 0 radical (unpaired) electrons. The van der Waals surface area contributed by atoms with E-state index >= 15 is 0 Å². The van der Waals surface area contributed by atoms with Gasteiger partial charge < -0.3 is 26.1 Å². The zero-order valence-corrected chi connectivity index (χ0v) is 15.4. The van der Waals surface area contributed by atoms with Crippen molar-refractivity contribution in [2.45, 2.75) is 19.3 Å². The van der Waals surface area contributed by atoms with Gasteiger partial charge in [-0.25, -0.2) is 0 Å². The third-order valence-electron chi connectivity index (χ3n) is 4.60. The molecule has 0 aliphatic carbocycles. The van der Waals surface area contributed by atoms with Crippen LogP contribution in [-0.2, 0) is 6.42 Å². The molecular formula is C21H26N4O2. The number of benzene rings is 1. The number of likely N-dealkylation sites (tertiary alicyclic amines) is 1. The Morgan fingerprint density at radius 3 is 2.63 bits per heavy atom. The highest BCUT2D eigenvalue weighted by Gasteiger charge is 2.11. The summed E-state index contributed by atoms with van der Waals surface area (Å²) in [5.74, 6) is 1.43. The van der Waals surface area contributed by atoms with E-state index in [1.807, 2.05) is 30.3 Å². The maximum absolute atomic E-state index is 12.3. The topological polar surface area (TPSA) is 97.5 Å². The standard InChI is InChI=1S/C21H26N4O2/c22-19(8-9-20(23)25-12-1-2-13-25)16-5-3-6-17(15-16)21(26)24-11-10-18-7-4-14-27-18/h3-9,14-15H,1-2,10-13,22-23H2,(H,24,26)/b19-8-,20-9+. The average molecular weight is 366 g/mol. The first kappa shape index (κ1) is 18.6. The number of hydrogen-bond acceptors (Lipinski definition) is 5. The molecule has 142 valence electrons. The highest BCUT2D eigenvalue weighted by Crippen LogP contribution is 2.14. The van der Waals surface area contributed by atoms with Crippen molar-refractivity contribution in [1.82, 2.24) is 10.2 Å². The van der Waals surface area contributed by atoms with Crippen LogP contribution >= 0.6 is 0 Å². The Morgan fingerprint density at radius 1 is 1.11 bits per heavy atom. The summed E-state index contributed by atoms with van der Waals surface area (Å²) in [5, 5.41) is 2.89. The molecule has 0 spiro atoms. The van der Waals surface area contributed by atoms with Crippen LogP contribution in [0.3, 0.4) is 0 Å². The molecule has 1 amide bonds. The third kappa shape index (κ3) is 5.17. The molecule has 2 aromatic rings. The maximum atomic E-state index is 12.3. The summed E-state index contributed by atoms with van der Waals surface area (Å²) in [6.45, 7) is 2.49. The van der Waals surface area contributed by atoms with Gasteiger partial charge in [-0.2, -0.15) is 0 Å². The number of nitrogens with one attached hydrogen (secondary N) is 1. The van der Waals surface area contributed by atoms with E-state index in [0.717, 1.165) is 30.2 Å². The maximum Gasteiger partial charge on any atom is 0.251 e. The normalized spacial score (nSPS) is 15.2. The summed E-state index contributed by atoms with van der Waals surface area (Å²) >= 11 is 0. The summed E-state index contributed by atoms with van der Waals surface area (Å²) < 4.78 is 5.26. The molecule has 5 N–H and O–H groups in total. The first-order valence-electron chi connectivity index (χ1n) is 9.22. The number of amides is 1. The van der Waals surface area contributed by atoms with E-state index in [4.69, 9.17) is 15.9 Å². The lowest BCUT2D eigenvalue weighted by molar-refractivity contribution is 0.0953. The molecule has 27 heavy (non-hydrogen) atoms. The molecule has 6 heteroatoms. The second-order valence-electron chi connectivity index (χ2n) is 6.57. The van der Waals surface area contributed by atoms with E-state index in [0.29, 0.717) is 24.2 Å². The van der Waals surface area contributed by atoms with E-state index in [2.05, 4.69) is 10.2 Å². The van der Waals surface area contributed by atoms with E-state index in [-0.39, 0.29) is 5.91 Å². The summed E-state index contributed by atoms with van der Waals surface area (Å²) in [6, 6.07) is 11.0. The van der Waals surface area contributed by atoms with Crippen molar-refractivity contribution in [3.63, 3.8) is 0 Å². The summed E-state index contributed by atoms with van der Waals surface area (Å²) in [7, 11) is 0. The molecule has 1 aromatic heterocycles. The van der Waals surface area contributed by atoms with Gasteiger partial charge in [-0.15, -0.1) is 0 Å². The van der Waals surface area contributed by atoms with Crippen LogP contribution in [0.15, 0.2) is 65.1 Å². The predicted octanol–water partition coefficient (Wildman–Crippen LogP) is 2.45. The molecule has 6 nitrogen and oxygen atoms in total. The Balaban J connectivity index is 1.60. The number of carbonyl (C=O) groups excluding carboxylic acids is 1. The van der Waals surface area contributed by atoms with E-state index in [1.54, 1.807) is 24.5 Å². The fourth-order valence-corrected chi connectivity index (χ4v) is 3.05. The molecule has 1 saturated heterocycles. The predicted molar refractivity (Wildman–Crippen MR) is 106 cm³/mol. The Bertz CT molecular complexity index is 818. The SMILES string of the molecule is N/C(=C\C=C(/N)N1CCCC1)c1cccc(C(=O)NCCc2ccco2)c1. The van der Waals surface area contributed by atoms with Gasteiger partial charge in [-0.1, -0.05) is 12.1 Å². The van der Waals surface area contributed by atoms with Crippen molar-refractivity contribution in [2.75, 3.05) is 19.6 Å². The van der Waals surface area contributed by atoms with Gasteiger partial charge in [0.1, 0.15) is 5.76 Å². The number of nitrogens with two attached hydrogens (primary N) is 2. The fraction of sp³-hybridized carbons (Fsp3) is 0.286. The minimum Gasteiger partial charge on any atom is -0.469 e. The smallest absolute Gasteiger partial charge is 0.251 e. The molecule has 1 fully saturated rings. The van der Waals surface area contributed by atoms with Crippen LogP contribution in [0.2, 0.25) is 0 Å². The van der Waals surface area contributed by atoms with Gasteiger partial charge in [0.05, 0.1) is 12.1 Å². The van der Waals surface area contributed by atoms with Gasteiger partial charge >= 0.3 is 0 Å². The van der Waals surface area contributed by atoms with Gasteiger partial charge in [0, 0.05) is 37.3 Å². The zero-order valence-electron chi connectivity index (χ0n) is 15.4. The molecule has 2 heterocycles. The zero-order chi connectivity index (χ0) is 19.1. The van der Waals surface area contributed by atoms with E-state index in [9.17, 15) is 4.79 Å². The molecule has 1 aliphatic rings. The first-order valence-corrected chi connectivity index (χ1v) is 9.22. The number of nitrogens with zero attached hydrogens (tertiary/aromatic N) is 1. The monoisotopic (exact) mass is 366 g/mol. The number of allylic oxidation sites excluding steroid dienone is 2. The van der Waals surface area contributed by atoms with Crippen LogP contribution in [0.25, 0.3) is 5.70 Å². The molecule has 1 aromatic carbocycles. The minimum atomic E-state index is -0.136. The molecule has 0 atom stereocenters. The van der Waals surface area contributed by atoms with Crippen LogP contribution in [0, 0.1) is 0 Å². The average Bonchev–Trinajstić information content (AvgIpc) is 3.40. The van der Waals surface area contributed by atoms with Crippen LogP contribution < -0.4 is 16.8 Å². The largest absolute Gasteiger partial charge is 0.469 e. The number of hydrogen-bond donors (Lipinski definition) is 3. The van der Waals surface area contributed by atoms with Crippen molar-refractivity contribution in [1.29, 1.82) is 0 Å². The molecule has 3 rings (SSSR count). The van der Waals surface area contributed by atoms with Crippen LogP contribution in [0.4, 0.5) is 0 Å². The molecule has 0 unspecified atom stereocenters. The van der Waals surface area contributed by atoms with Crippen molar-refractivity contribution in [3.05, 3.63) is 77.5 Å². The quantitative estimate of drug-likeness (QED) is 0.654. The second kappa shape index (κ2) is 8.98. The lowest BCUT2D eigenvalue weighted by Gasteiger charge is -2.16. The Hall–Kier alpha value is -3.15. The first-order chi connectivity index (χ1) is 13.1. The van der Waals surface area contributed by atoms with Gasteiger partial charge in [0.15, 0.2) is 0 Å². The third-order valence-corrected chi connectivity index (χ3v) is 4.60. The van der Waals surface area contributed by atoms with Crippen LogP contribution in [0.5, 0.6) is 0 Å². The fourth-order valence-electron chi connectivity index (χ4n) is 3.05. The number of furan rings is 1. The summed E-state index contributed by atoms with van der Waals surface area (Å²) in [4.78, 5) is 14.5. The van der Waals surface area contributed by atoms with Crippen molar-refractivity contribution < 1.29 is 9.21 Å². The molecule has 1 aliphatic heterocycles. The van der Waals surface area contributed by atoms with Crippen molar-refractivity contribution in [2.24, 2.45) is 11.5 Å². The van der Waals surface area contributed by atoms with Gasteiger partial charge in [0.2, 0.25) is 0 Å². The number of carbonyl (C=O) groups is 1. The Kier molecular flexibility index (Phi) is 6.20. The summed E-state index contributed by atoms with van der Waals surface area (Å²) in [6.07, 6.45) is 8.25. The van der Waals surface area contributed by atoms with Gasteiger partial charge in [0.25, 0.3) is 5.91 Å². The van der Waals surface area contributed by atoms with Crippen LogP contribution in [-0.4, -0.2) is 30.4 Å². The van der Waals surface area contributed by atoms with Crippen molar-refractivity contribution in [3.8, 4) is 0 Å². The van der Waals surface area contributed by atoms with Gasteiger partial charge in [-0.05, 0) is 54.8 Å². The second-order valence-corrected chi connectivity index (χ2v) is 6.57. The van der Waals surface area contributed by atoms with E-state index in [1.165, 1.54) is 12.8 Å². The highest BCUT2D eigenvalue weighted by atomic mass is 16.3. The lowest BCUT2D eigenvalue weighted by Crippen LogP contribution is -2.25. The van der Waals surface area contributed by atoms with Gasteiger partial charge in [-0.3, -0.25) is 4.79 Å². The molecule has 0 bridgehead atoms. The van der Waals surface area contributed by atoms with Crippen LogP contribution in [0.1, 0.15) is 34.5 Å². The minimum absolute atomic E-state index is 0.136. The highest BCUT2D eigenvalue weighted by molar-refractivity contribution is 5.95. The lowest BCUT2D eigenvalue weighted by atomic mass is 10.1. The Morgan fingerprint density at radius 2 is 1.89 bits per heavy atom. The summed E-state index contributed by atoms with van der Waals surface area (Å²) in [5.41, 5.74) is 14.2.